The molecule has 1 rings (SSSR count). The summed E-state index contributed by atoms with van der Waals surface area (Å²) in [5.74, 6) is -1.72. The number of hydrogen-bond acceptors (Lipinski definition) is 3. The van der Waals surface area contributed by atoms with Crippen molar-refractivity contribution in [3.63, 3.8) is 0 Å². The van der Waals surface area contributed by atoms with Crippen molar-refractivity contribution < 1.29 is 13.5 Å². The number of thiocarbonyl (C=S) groups is 1. The molecule has 0 aliphatic carbocycles. The minimum atomic E-state index is -1.01. The van der Waals surface area contributed by atoms with E-state index in [1.165, 1.54) is 12.3 Å². The van der Waals surface area contributed by atoms with Crippen molar-refractivity contribution in [1.29, 1.82) is 0 Å². The number of nitrogens with two attached hydrogens (primary N) is 1. The molecule has 0 radical (unpaired) electrons. The Labute approximate surface area is 122 Å². The first-order chi connectivity index (χ1) is 9.40. The highest BCUT2D eigenvalue weighted by Gasteiger charge is 2.11. The summed E-state index contributed by atoms with van der Waals surface area (Å²) in [5, 5.41) is 3.66. The van der Waals surface area contributed by atoms with E-state index in [0.717, 1.165) is 12.5 Å². The maximum atomic E-state index is 13.6. The zero-order valence-electron chi connectivity index (χ0n) is 11.3. The average molecular weight is 301 g/mol. The van der Waals surface area contributed by atoms with Crippen LogP contribution in [-0.2, 0) is 0 Å². The standard InChI is InChI=1S/C13H17F2N3OS/c1-8(2)3-4-19-11-6-9(5-10(14)12(11)15)7-17-18-13(16)20/h5-8H,3-4H2,1-2H3,(H3,16,18,20). The van der Waals surface area contributed by atoms with Crippen LogP contribution in [0.3, 0.4) is 0 Å². The van der Waals surface area contributed by atoms with Crippen molar-refractivity contribution in [3.8, 4) is 5.75 Å². The van der Waals surface area contributed by atoms with Crippen molar-refractivity contribution in [1.82, 2.24) is 5.43 Å². The number of rotatable bonds is 6. The molecule has 0 spiro atoms. The smallest absolute Gasteiger partial charge is 0.200 e. The molecule has 0 atom stereocenters. The highest BCUT2D eigenvalue weighted by molar-refractivity contribution is 7.80. The molecule has 7 heteroatoms. The minimum absolute atomic E-state index is 0.0164. The molecule has 0 unspecified atom stereocenters. The van der Waals surface area contributed by atoms with Crippen LogP contribution in [0.2, 0.25) is 0 Å². The van der Waals surface area contributed by atoms with Gasteiger partial charge >= 0.3 is 0 Å². The van der Waals surface area contributed by atoms with Gasteiger partial charge in [-0.25, -0.2) is 4.39 Å². The summed E-state index contributed by atoms with van der Waals surface area (Å²) >= 11 is 4.56. The molecule has 1 aromatic carbocycles. The highest BCUT2D eigenvalue weighted by Crippen LogP contribution is 2.22. The van der Waals surface area contributed by atoms with Crippen LogP contribution in [0.25, 0.3) is 0 Å². The first-order valence-corrected chi connectivity index (χ1v) is 6.51. The largest absolute Gasteiger partial charge is 0.490 e. The summed E-state index contributed by atoms with van der Waals surface area (Å²) in [5.41, 5.74) is 7.85. The number of nitrogens with zero attached hydrogens (tertiary/aromatic N) is 1. The zero-order chi connectivity index (χ0) is 15.1. The molecule has 0 amide bonds. The SMILES string of the molecule is CC(C)CCOc1cc(C=NNC(N)=S)cc(F)c1F. The lowest BCUT2D eigenvalue weighted by molar-refractivity contribution is 0.272. The Morgan fingerprint density at radius 2 is 2.20 bits per heavy atom. The molecule has 0 saturated heterocycles. The van der Waals surface area contributed by atoms with Gasteiger partial charge in [-0.05, 0) is 36.7 Å². The van der Waals surface area contributed by atoms with E-state index in [1.54, 1.807) is 0 Å². The monoisotopic (exact) mass is 301 g/mol. The molecule has 0 aliphatic heterocycles. The van der Waals surface area contributed by atoms with Crippen LogP contribution < -0.4 is 15.9 Å². The Kier molecular flexibility index (Phi) is 6.30. The van der Waals surface area contributed by atoms with Crippen LogP contribution in [-0.4, -0.2) is 17.9 Å². The molecule has 4 nitrogen and oxygen atoms in total. The van der Waals surface area contributed by atoms with Gasteiger partial charge in [-0.3, -0.25) is 5.43 Å². The van der Waals surface area contributed by atoms with E-state index in [4.69, 9.17) is 10.5 Å². The summed E-state index contributed by atoms with van der Waals surface area (Å²) in [6.07, 6.45) is 2.03. The zero-order valence-corrected chi connectivity index (χ0v) is 12.1. The second-order valence-electron chi connectivity index (χ2n) is 4.58. The van der Waals surface area contributed by atoms with Gasteiger partial charge in [-0.2, -0.15) is 9.49 Å². The third-order valence-corrected chi connectivity index (χ3v) is 2.45. The van der Waals surface area contributed by atoms with Crippen molar-refractivity contribution >= 4 is 23.5 Å². The molecule has 0 fully saturated rings. The molecule has 110 valence electrons. The van der Waals surface area contributed by atoms with Gasteiger partial charge in [0.1, 0.15) is 0 Å². The van der Waals surface area contributed by atoms with Gasteiger partial charge in [-0.1, -0.05) is 13.8 Å². The van der Waals surface area contributed by atoms with E-state index >= 15 is 0 Å². The Balaban J connectivity index is 2.80. The fraction of sp³-hybridized carbons (Fsp3) is 0.385. The predicted octanol–water partition coefficient (Wildman–Crippen LogP) is 2.56. The van der Waals surface area contributed by atoms with Crippen LogP contribution in [0, 0.1) is 17.6 Å². The molecule has 0 heterocycles. The fourth-order valence-electron chi connectivity index (χ4n) is 1.34. The maximum absolute atomic E-state index is 13.6. The van der Waals surface area contributed by atoms with E-state index in [1.807, 2.05) is 13.8 Å². The van der Waals surface area contributed by atoms with Gasteiger partial charge in [0, 0.05) is 5.56 Å². The number of benzene rings is 1. The summed E-state index contributed by atoms with van der Waals surface area (Å²) in [4.78, 5) is 0. The molecule has 0 bridgehead atoms. The van der Waals surface area contributed by atoms with E-state index in [2.05, 4.69) is 22.7 Å². The number of hydrazone groups is 1. The van der Waals surface area contributed by atoms with Crippen molar-refractivity contribution in [2.75, 3.05) is 6.61 Å². The van der Waals surface area contributed by atoms with Crippen LogP contribution in [0.15, 0.2) is 17.2 Å². The first kappa shape index (κ1) is 16.3. The van der Waals surface area contributed by atoms with E-state index in [-0.39, 0.29) is 10.9 Å². The lowest BCUT2D eigenvalue weighted by Crippen LogP contribution is -2.24. The van der Waals surface area contributed by atoms with E-state index in [9.17, 15) is 8.78 Å². The Morgan fingerprint density at radius 3 is 2.80 bits per heavy atom. The normalized spacial score (nSPS) is 11.1. The van der Waals surface area contributed by atoms with Crippen molar-refractivity contribution in [2.24, 2.45) is 16.8 Å². The van der Waals surface area contributed by atoms with Crippen molar-refractivity contribution in [3.05, 3.63) is 29.3 Å². The predicted molar refractivity (Wildman–Crippen MR) is 78.8 cm³/mol. The Morgan fingerprint density at radius 1 is 1.50 bits per heavy atom. The molecule has 0 aromatic heterocycles. The summed E-state index contributed by atoms with van der Waals surface area (Å²) < 4.78 is 32.2. The molecule has 3 N–H and O–H groups in total. The molecule has 0 aliphatic rings. The molecule has 20 heavy (non-hydrogen) atoms. The maximum Gasteiger partial charge on any atom is 0.200 e. The molecule has 0 saturated carbocycles. The fourth-order valence-corrected chi connectivity index (χ4v) is 1.39. The third-order valence-electron chi connectivity index (χ3n) is 2.36. The Bertz CT molecular complexity index is 507. The summed E-state index contributed by atoms with van der Waals surface area (Å²) in [6.45, 7) is 4.36. The second kappa shape index (κ2) is 7.74. The van der Waals surface area contributed by atoms with Gasteiger partial charge < -0.3 is 10.5 Å². The summed E-state index contributed by atoms with van der Waals surface area (Å²) in [6, 6.07) is 2.37. The Hall–Kier alpha value is -1.76. The van der Waals surface area contributed by atoms with Gasteiger partial charge in [0.05, 0.1) is 12.8 Å². The quantitative estimate of drug-likeness (QED) is 0.481. The lowest BCUT2D eigenvalue weighted by atomic mass is 10.1. The van der Waals surface area contributed by atoms with E-state index < -0.39 is 11.6 Å². The van der Waals surface area contributed by atoms with Crippen LogP contribution >= 0.6 is 12.2 Å². The number of nitrogens with one attached hydrogen (secondary N) is 1. The van der Waals surface area contributed by atoms with E-state index in [0.29, 0.717) is 18.1 Å². The third kappa shape index (κ3) is 5.48. The second-order valence-corrected chi connectivity index (χ2v) is 5.02. The highest BCUT2D eigenvalue weighted by atomic mass is 32.1. The van der Waals surface area contributed by atoms with Crippen molar-refractivity contribution in [2.45, 2.75) is 20.3 Å². The molecular formula is C13H17F2N3OS. The average Bonchev–Trinajstić information content (AvgIpc) is 2.34. The number of ether oxygens (including phenoxy) is 1. The van der Waals surface area contributed by atoms with Gasteiger partial charge in [0.2, 0.25) is 5.82 Å². The van der Waals surface area contributed by atoms with Crippen LogP contribution in [0.1, 0.15) is 25.8 Å². The minimum Gasteiger partial charge on any atom is -0.490 e. The topological polar surface area (TPSA) is 59.6 Å². The van der Waals surface area contributed by atoms with Crippen LogP contribution in [0.4, 0.5) is 8.78 Å². The molecular weight excluding hydrogens is 284 g/mol. The first-order valence-electron chi connectivity index (χ1n) is 6.10. The number of hydrogen-bond donors (Lipinski definition) is 2. The van der Waals surface area contributed by atoms with Crippen LogP contribution in [0.5, 0.6) is 5.75 Å². The number of halogens is 2. The summed E-state index contributed by atoms with van der Waals surface area (Å²) in [7, 11) is 0. The lowest BCUT2D eigenvalue weighted by Gasteiger charge is -2.10. The van der Waals surface area contributed by atoms with Gasteiger partial charge in [0.15, 0.2) is 16.7 Å². The van der Waals surface area contributed by atoms with Gasteiger partial charge in [-0.15, -0.1) is 0 Å². The van der Waals surface area contributed by atoms with Gasteiger partial charge in [0.25, 0.3) is 0 Å². The molecule has 1 aromatic rings.